The molecule has 0 aliphatic carbocycles. The van der Waals surface area contributed by atoms with E-state index in [0.29, 0.717) is 13.2 Å². The Hall–Kier alpha value is -0.450. The first kappa shape index (κ1) is 29.5. The quantitative estimate of drug-likeness (QED) is 0.136. The molecule has 0 radical (unpaired) electrons. The molecular formula is C26H52O4. The van der Waals surface area contributed by atoms with Gasteiger partial charge in [-0.3, -0.25) is 4.79 Å². The average molecular weight is 429 g/mol. The molecule has 0 aromatic carbocycles. The number of rotatable bonds is 26. The predicted molar refractivity (Wildman–Crippen MR) is 127 cm³/mol. The number of hydrogen-bond acceptors (Lipinski definition) is 4. The molecule has 0 unspecified atom stereocenters. The lowest BCUT2D eigenvalue weighted by Crippen LogP contribution is -2.16. The number of Topliss-reactive ketones (excluding diaryl/α,β-unsaturated/α-hetero) is 1. The van der Waals surface area contributed by atoms with Gasteiger partial charge < -0.3 is 14.2 Å². The van der Waals surface area contributed by atoms with Gasteiger partial charge in [-0.1, -0.05) is 104 Å². The normalized spacial score (nSPS) is 11.3. The van der Waals surface area contributed by atoms with Crippen LogP contribution >= 0.6 is 0 Å². The summed E-state index contributed by atoms with van der Waals surface area (Å²) in [4.78, 5) is 11.7. The first-order chi connectivity index (χ1) is 14.8. The van der Waals surface area contributed by atoms with Crippen LogP contribution in [-0.4, -0.2) is 45.4 Å². The molecule has 30 heavy (non-hydrogen) atoms. The molecule has 180 valence electrons. The van der Waals surface area contributed by atoms with Crippen molar-refractivity contribution >= 4 is 5.78 Å². The van der Waals surface area contributed by atoms with Crippen LogP contribution in [0.15, 0.2) is 0 Å². The van der Waals surface area contributed by atoms with E-state index in [4.69, 9.17) is 14.2 Å². The second-order valence-electron chi connectivity index (χ2n) is 8.56. The molecule has 4 nitrogen and oxygen atoms in total. The fourth-order valence-electron chi connectivity index (χ4n) is 3.45. The van der Waals surface area contributed by atoms with E-state index < -0.39 is 0 Å². The first-order valence-corrected chi connectivity index (χ1v) is 13.1. The fourth-order valence-corrected chi connectivity index (χ4v) is 3.45. The standard InChI is InChI=1S/C26H52O4/c1-3-5-7-9-11-13-15-17-20-28-22-19-23-30-25-26(27)24-29-21-18-16-14-12-10-8-6-4-2/h3-25H2,1-2H3. The third-order valence-corrected chi connectivity index (χ3v) is 5.39. The van der Waals surface area contributed by atoms with E-state index in [2.05, 4.69) is 13.8 Å². The van der Waals surface area contributed by atoms with Crippen molar-refractivity contribution in [3.05, 3.63) is 0 Å². The van der Waals surface area contributed by atoms with Crippen LogP contribution in [0.25, 0.3) is 0 Å². The van der Waals surface area contributed by atoms with Gasteiger partial charge in [0.1, 0.15) is 13.2 Å². The van der Waals surface area contributed by atoms with Gasteiger partial charge in [-0.2, -0.15) is 0 Å². The number of unbranched alkanes of at least 4 members (excludes halogenated alkanes) is 14. The van der Waals surface area contributed by atoms with E-state index in [9.17, 15) is 4.79 Å². The molecule has 0 rings (SSSR count). The molecule has 0 saturated carbocycles. The third kappa shape index (κ3) is 25.6. The molecule has 0 atom stereocenters. The number of carbonyl (C=O) groups excluding carboxylic acids is 1. The highest BCUT2D eigenvalue weighted by atomic mass is 16.5. The Kier molecular flexibility index (Phi) is 26.2. The van der Waals surface area contributed by atoms with Gasteiger partial charge in [-0.15, -0.1) is 0 Å². The lowest BCUT2D eigenvalue weighted by Gasteiger charge is -2.06. The summed E-state index contributed by atoms with van der Waals surface area (Å²) < 4.78 is 16.5. The van der Waals surface area contributed by atoms with E-state index in [-0.39, 0.29) is 19.0 Å². The maximum Gasteiger partial charge on any atom is 0.183 e. The average Bonchev–Trinajstić information content (AvgIpc) is 2.75. The summed E-state index contributed by atoms with van der Waals surface area (Å²) in [5.74, 6) is 0.0365. The molecule has 0 heterocycles. The van der Waals surface area contributed by atoms with Crippen molar-refractivity contribution in [2.24, 2.45) is 0 Å². The Morgan fingerprint density at radius 3 is 1.23 bits per heavy atom. The topological polar surface area (TPSA) is 44.8 Å². The first-order valence-electron chi connectivity index (χ1n) is 13.1. The Labute approximate surface area is 187 Å². The zero-order valence-electron chi connectivity index (χ0n) is 20.4. The summed E-state index contributed by atoms with van der Waals surface area (Å²) >= 11 is 0. The molecule has 0 N–H and O–H groups in total. The van der Waals surface area contributed by atoms with Crippen molar-refractivity contribution in [2.45, 2.75) is 123 Å². The minimum absolute atomic E-state index is 0.0365. The van der Waals surface area contributed by atoms with Crippen LogP contribution in [0.3, 0.4) is 0 Å². The summed E-state index contributed by atoms with van der Waals surface area (Å²) in [6.07, 6.45) is 21.7. The van der Waals surface area contributed by atoms with Crippen LogP contribution < -0.4 is 0 Å². The molecule has 0 aliphatic rings. The number of ether oxygens (including phenoxy) is 3. The van der Waals surface area contributed by atoms with Crippen molar-refractivity contribution in [1.82, 2.24) is 0 Å². The summed E-state index contributed by atoms with van der Waals surface area (Å²) in [6, 6.07) is 0. The van der Waals surface area contributed by atoms with Crippen LogP contribution in [-0.2, 0) is 19.0 Å². The zero-order chi connectivity index (χ0) is 22.0. The van der Waals surface area contributed by atoms with Crippen LogP contribution in [0, 0.1) is 0 Å². The number of hydrogen-bond donors (Lipinski definition) is 0. The van der Waals surface area contributed by atoms with Gasteiger partial charge in [-0.05, 0) is 19.3 Å². The van der Waals surface area contributed by atoms with E-state index in [1.165, 1.54) is 89.9 Å². The Balaban J connectivity index is 3.13. The van der Waals surface area contributed by atoms with E-state index >= 15 is 0 Å². The Morgan fingerprint density at radius 2 is 0.767 bits per heavy atom. The van der Waals surface area contributed by atoms with Gasteiger partial charge in [0, 0.05) is 26.4 Å². The maximum absolute atomic E-state index is 11.7. The van der Waals surface area contributed by atoms with Gasteiger partial charge >= 0.3 is 0 Å². The van der Waals surface area contributed by atoms with E-state index in [0.717, 1.165) is 32.5 Å². The molecule has 4 heteroatoms. The molecule has 0 aromatic heterocycles. The second-order valence-corrected chi connectivity index (χ2v) is 8.56. The molecule has 0 amide bonds. The Bertz CT molecular complexity index is 333. The van der Waals surface area contributed by atoms with Crippen LogP contribution in [0.5, 0.6) is 0 Å². The van der Waals surface area contributed by atoms with E-state index in [1.54, 1.807) is 0 Å². The highest BCUT2D eigenvalue weighted by molar-refractivity contribution is 5.80. The Morgan fingerprint density at radius 1 is 0.433 bits per heavy atom. The molecule has 0 bridgehead atoms. The largest absolute Gasteiger partial charge is 0.381 e. The monoisotopic (exact) mass is 428 g/mol. The van der Waals surface area contributed by atoms with Crippen molar-refractivity contribution < 1.29 is 19.0 Å². The summed E-state index contributed by atoms with van der Waals surface area (Å²) in [7, 11) is 0. The van der Waals surface area contributed by atoms with Gasteiger partial charge in [0.2, 0.25) is 0 Å². The zero-order valence-corrected chi connectivity index (χ0v) is 20.4. The lowest BCUT2D eigenvalue weighted by atomic mass is 10.1. The van der Waals surface area contributed by atoms with Gasteiger partial charge in [0.15, 0.2) is 5.78 Å². The van der Waals surface area contributed by atoms with Crippen LogP contribution in [0.2, 0.25) is 0 Å². The SMILES string of the molecule is CCCCCCCCCCOCCCOCC(=O)COCCCCCCCCCC. The minimum atomic E-state index is 0.0365. The molecule has 0 aromatic rings. The van der Waals surface area contributed by atoms with Crippen molar-refractivity contribution in [1.29, 1.82) is 0 Å². The van der Waals surface area contributed by atoms with Gasteiger partial charge in [0.05, 0.1) is 0 Å². The summed E-state index contributed by atoms with van der Waals surface area (Å²) in [6.45, 7) is 7.70. The molecule has 0 fully saturated rings. The highest BCUT2D eigenvalue weighted by Gasteiger charge is 2.02. The van der Waals surface area contributed by atoms with Gasteiger partial charge in [0.25, 0.3) is 0 Å². The van der Waals surface area contributed by atoms with Crippen molar-refractivity contribution in [2.75, 3.05) is 39.6 Å². The van der Waals surface area contributed by atoms with E-state index in [1.807, 2.05) is 0 Å². The smallest absolute Gasteiger partial charge is 0.183 e. The van der Waals surface area contributed by atoms with Crippen LogP contribution in [0.1, 0.15) is 123 Å². The van der Waals surface area contributed by atoms with Gasteiger partial charge in [-0.25, -0.2) is 0 Å². The predicted octanol–water partition coefficient (Wildman–Crippen LogP) is 7.28. The minimum Gasteiger partial charge on any atom is -0.381 e. The van der Waals surface area contributed by atoms with Crippen molar-refractivity contribution in [3.63, 3.8) is 0 Å². The summed E-state index contributed by atoms with van der Waals surface area (Å²) in [5.41, 5.74) is 0. The van der Waals surface area contributed by atoms with Crippen molar-refractivity contribution in [3.8, 4) is 0 Å². The highest BCUT2D eigenvalue weighted by Crippen LogP contribution is 2.09. The lowest BCUT2D eigenvalue weighted by molar-refractivity contribution is -0.128. The molecule has 0 aliphatic heterocycles. The molecule has 0 saturated heterocycles. The fraction of sp³-hybridized carbons (Fsp3) is 0.962. The molecule has 0 spiro atoms. The number of ketones is 1. The third-order valence-electron chi connectivity index (χ3n) is 5.39. The molecular weight excluding hydrogens is 376 g/mol. The summed E-state index contributed by atoms with van der Waals surface area (Å²) in [5, 5.41) is 0. The number of carbonyl (C=O) groups is 1. The second kappa shape index (κ2) is 26.6. The maximum atomic E-state index is 11.7. The van der Waals surface area contributed by atoms with Crippen LogP contribution in [0.4, 0.5) is 0 Å².